The SMILES string of the molecule is CCn1cc(CC(CBr)CC(C)C)cn1. The van der Waals surface area contributed by atoms with E-state index < -0.39 is 0 Å². The average Bonchev–Trinajstić information content (AvgIpc) is 2.64. The molecule has 0 radical (unpaired) electrons. The number of alkyl halides is 1. The van der Waals surface area contributed by atoms with E-state index in [-0.39, 0.29) is 0 Å². The summed E-state index contributed by atoms with van der Waals surface area (Å²) < 4.78 is 2.00. The van der Waals surface area contributed by atoms with Crippen molar-refractivity contribution in [2.45, 2.75) is 40.2 Å². The number of hydrogen-bond donors (Lipinski definition) is 0. The molecule has 0 aliphatic carbocycles. The van der Waals surface area contributed by atoms with E-state index in [1.165, 1.54) is 12.0 Å². The second-order valence-electron chi connectivity index (χ2n) is 4.56. The maximum Gasteiger partial charge on any atom is 0.0521 e. The summed E-state index contributed by atoms with van der Waals surface area (Å²) in [5, 5.41) is 5.39. The van der Waals surface area contributed by atoms with Gasteiger partial charge in [-0.25, -0.2) is 0 Å². The lowest BCUT2D eigenvalue weighted by atomic mass is 9.94. The molecule has 0 fully saturated rings. The van der Waals surface area contributed by atoms with Gasteiger partial charge in [-0.05, 0) is 37.2 Å². The molecule has 0 spiro atoms. The van der Waals surface area contributed by atoms with E-state index in [2.05, 4.69) is 48.0 Å². The van der Waals surface area contributed by atoms with Crippen LogP contribution < -0.4 is 0 Å². The van der Waals surface area contributed by atoms with Crippen LogP contribution >= 0.6 is 15.9 Å². The summed E-state index contributed by atoms with van der Waals surface area (Å²) in [6, 6.07) is 0. The third-order valence-electron chi connectivity index (χ3n) is 2.56. The predicted octanol–water partition coefficient (Wildman–Crippen LogP) is 3.50. The number of halogens is 1. The molecule has 1 rings (SSSR count). The van der Waals surface area contributed by atoms with Crippen LogP contribution in [0.2, 0.25) is 0 Å². The van der Waals surface area contributed by atoms with Crippen molar-refractivity contribution in [3.63, 3.8) is 0 Å². The molecule has 0 saturated heterocycles. The zero-order valence-electron chi connectivity index (χ0n) is 9.91. The number of aryl methyl sites for hydroxylation is 1. The summed E-state index contributed by atoms with van der Waals surface area (Å²) in [7, 11) is 0. The minimum absolute atomic E-state index is 0.736. The molecule has 2 nitrogen and oxygen atoms in total. The molecule has 0 N–H and O–H groups in total. The zero-order valence-corrected chi connectivity index (χ0v) is 11.5. The molecule has 1 heterocycles. The van der Waals surface area contributed by atoms with E-state index in [1.807, 2.05) is 10.9 Å². The van der Waals surface area contributed by atoms with Gasteiger partial charge in [0.25, 0.3) is 0 Å². The van der Waals surface area contributed by atoms with Crippen molar-refractivity contribution in [1.29, 1.82) is 0 Å². The molecule has 15 heavy (non-hydrogen) atoms. The molecule has 0 aromatic carbocycles. The van der Waals surface area contributed by atoms with E-state index in [0.29, 0.717) is 0 Å². The standard InChI is InChI=1S/C12H21BrN2/c1-4-15-9-12(8-14-15)6-11(7-13)5-10(2)3/h8-11H,4-7H2,1-3H3. The molecule has 1 aromatic heterocycles. The minimum Gasteiger partial charge on any atom is -0.273 e. The van der Waals surface area contributed by atoms with Crippen molar-refractivity contribution in [3.8, 4) is 0 Å². The van der Waals surface area contributed by atoms with Crippen molar-refractivity contribution in [2.24, 2.45) is 11.8 Å². The van der Waals surface area contributed by atoms with Gasteiger partial charge in [0.15, 0.2) is 0 Å². The minimum atomic E-state index is 0.736. The Hall–Kier alpha value is -0.310. The highest BCUT2D eigenvalue weighted by molar-refractivity contribution is 9.09. The van der Waals surface area contributed by atoms with Gasteiger partial charge < -0.3 is 0 Å². The van der Waals surface area contributed by atoms with Crippen LogP contribution in [0.4, 0.5) is 0 Å². The Morgan fingerprint density at radius 3 is 2.67 bits per heavy atom. The van der Waals surface area contributed by atoms with Crippen LogP contribution in [0.3, 0.4) is 0 Å². The molecule has 0 bridgehead atoms. The third-order valence-corrected chi connectivity index (χ3v) is 3.47. The second-order valence-corrected chi connectivity index (χ2v) is 5.21. The summed E-state index contributed by atoms with van der Waals surface area (Å²) >= 11 is 3.60. The van der Waals surface area contributed by atoms with Gasteiger partial charge in [-0.1, -0.05) is 29.8 Å². The molecule has 0 aliphatic heterocycles. The highest BCUT2D eigenvalue weighted by atomic mass is 79.9. The summed E-state index contributed by atoms with van der Waals surface area (Å²) in [6.45, 7) is 7.65. The van der Waals surface area contributed by atoms with E-state index in [1.54, 1.807) is 0 Å². The quantitative estimate of drug-likeness (QED) is 0.725. The van der Waals surface area contributed by atoms with E-state index in [4.69, 9.17) is 0 Å². The molecule has 86 valence electrons. The molecule has 1 unspecified atom stereocenters. The van der Waals surface area contributed by atoms with E-state index >= 15 is 0 Å². The van der Waals surface area contributed by atoms with Crippen LogP contribution in [0.25, 0.3) is 0 Å². The smallest absolute Gasteiger partial charge is 0.0521 e. The summed E-state index contributed by atoms with van der Waals surface area (Å²) in [5.41, 5.74) is 1.36. The lowest BCUT2D eigenvalue weighted by Gasteiger charge is -2.15. The number of aromatic nitrogens is 2. The Morgan fingerprint density at radius 1 is 1.47 bits per heavy atom. The molecule has 0 saturated carbocycles. The van der Waals surface area contributed by atoms with Gasteiger partial charge >= 0.3 is 0 Å². The fraction of sp³-hybridized carbons (Fsp3) is 0.750. The van der Waals surface area contributed by atoms with Crippen LogP contribution in [-0.2, 0) is 13.0 Å². The van der Waals surface area contributed by atoms with Gasteiger partial charge in [-0.3, -0.25) is 4.68 Å². The Balaban J connectivity index is 2.50. The maximum atomic E-state index is 4.30. The highest BCUT2D eigenvalue weighted by Crippen LogP contribution is 2.19. The zero-order chi connectivity index (χ0) is 11.3. The number of hydrogen-bond acceptors (Lipinski definition) is 1. The Morgan fingerprint density at radius 2 is 2.20 bits per heavy atom. The first-order valence-electron chi connectivity index (χ1n) is 5.73. The summed E-state index contributed by atoms with van der Waals surface area (Å²) in [6.07, 6.45) is 6.58. The first-order valence-corrected chi connectivity index (χ1v) is 6.85. The monoisotopic (exact) mass is 272 g/mol. The van der Waals surface area contributed by atoms with Gasteiger partial charge in [0.05, 0.1) is 6.20 Å². The average molecular weight is 273 g/mol. The van der Waals surface area contributed by atoms with Crippen molar-refractivity contribution < 1.29 is 0 Å². The topological polar surface area (TPSA) is 17.8 Å². The van der Waals surface area contributed by atoms with Gasteiger partial charge in [-0.15, -0.1) is 0 Å². The largest absolute Gasteiger partial charge is 0.273 e. The van der Waals surface area contributed by atoms with E-state index in [0.717, 1.165) is 30.1 Å². The van der Waals surface area contributed by atoms with Gasteiger partial charge in [0.2, 0.25) is 0 Å². The Labute approximate surface area is 101 Å². The normalized spacial score (nSPS) is 13.4. The van der Waals surface area contributed by atoms with Crippen molar-refractivity contribution in [1.82, 2.24) is 9.78 Å². The third kappa shape index (κ3) is 4.37. The van der Waals surface area contributed by atoms with E-state index in [9.17, 15) is 0 Å². The van der Waals surface area contributed by atoms with Crippen LogP contribution in [0.15, 0.2) is 12.4 Å². The maximum absolute atomic E-state index is 4.30. The first kappa shape index (κ1) is 12.8. The summed E-state index contributed by atoms with van der Waals surface area (Å²) in [5.74, 6) is 1.51. The molecular weight excluding hydrogens is 252 g/mol. The van der Waals surface area contributed by atoms with Crippen molar-refractivity contribution >= 4 is 15.9 Å². The molecular formula is C12H21BrN2. The second kappa shape index (κ2) is 6.31. The fourth-order valence-electron chi connectivity index (χ4n) is 1.89. The lowest BCUT2D eigenvalue weighted by Crippen LogP contribution is -2.09. The van der Waals surface area contributed by atoms with Gasteiger partial charge in [-0.2, -0.15) is 5.10 Å². The van der Waals surface area contributed by atoms with Crippen molar-refractivity contribution in [3.05, 3.63) is 18.0 Å². The number of rotatable bonds is 6. The molecule has 0 aliphatic rings. The fourth-order valence-corrected chi connectivity index (χ4v) is 2.38. The van der Waals surface area contributed by atoms with Gasteiger partial charge in [0, 0.05) is 18.1 Å². The lowest BCUT2D eigenvalue weighted by molar-refractivity contribution is 0.445. The summed E-state index contributed by atoms with van der Waals surface area (Å²) in [4.78, 5) is 0. The Bertz CT molecular complexity index is 281. The molecule has 1 atom stereocenters. The Kier molecular flexibility index (Phi) is 5.37. The van der Waals surface area contributed by atoms with Crippen LogP contribution in [0.1, 0.15) is 32.8 Å². The van der Waals surface area contributed by atoms with Gasteiger partial charge in [0.1, 0.15) is 0 Å². The molecule has 1 aromatic rings. The predicted molar refractivity (Wildman–Crippen MR) is 68.3 cm³/mol. The van der Waals surface area contributed by atoms with Crippen LogP contribution in [0.5, 0.6) is 0 Å². The van der Waals surface area contributed by atoms with Crippen molar-refractivity contribution in [2.75, 3.05) is 5.33 Å². The highest BCUT2D eigenvalue weighted by Gasteiger charge is 2.11. The van der Waals surface area contributed by atoms with Crippen LogP contribution in [0, 0.1) is 11.8 Å². The number of nitrogens with zero attached hydrogens (tertiary/aromatic N) is 2. The molecule has 3 heteroatoms. The molecule has 0 amide bonds. The first-order chi connectivity index (χ1) is 7.15. The van der Waals surface area contributed by atoms with Crippen LogP contribution in [-0.4, -0.2) is 15.1 Å².